The van der Waals surface area contributed by atoms with Crippen LogP contribution in [0.25, 0.3) is 43.6 Å². The molecule has 0 radical (unpaired) electrons. The molecule has 3 aromatic heterocycles. The SMILES string of the molecule is c1cnc2c(c1)ccc1cc3ccc4cccnc4c3nc12. The van der Waals surface area contributed by atoms with Gasteiger partial charge in [0.2, 0.25) is 0 Å². The summed E-state index contributed by atoms with van der Waals surface area (Å²) in [4.78, 5) is 13.9. The largest absolute Gasteiger partial charge is 0.254 e. The van der Waals surface area contributed by atoms with Crippen molar-refractivity contribution in [3.05, 3.63) is 67.0 Å². The van der Waals surface area contributed by atoms with E-state index in [9.17, 15) is 0 Å². The van der Waals surface area contributed by atoms with Crippen molar-refractivity contribution in [3.63, 3.8) is 0 Å². The van der Waals surface area contributed by atoms with E-state index in [0.29, 0.717) is 0 Å². The maximum atomic E-state index is 4.91. The zero-order valence-electron chi connectivity index (χ0n) is 11.7. The third kappa shape index (κ3) is 1.53. The Morgan fingerprint density at radius 3 is 1.55 bits per heavy atom. The molecule has 22 heavy (non-hydrogen) atoms. The normalized spacial score (nSPS) is 11.6. The molecule has 0 aliphatic rings. The molecular weight excluding hydrogens is 270 g/mol. The van der Waals surface area contributed by atoms with Gasteiger partial charge in [0.25, 0.3) is 0 Å². The molecule has 3 heterocycles. The van der Waals surface area contributed by atoms with E-state index in [1.807, 2.05) is 24.5 Å². The fraction of sp³-hybridized carbons (Fsp3) is 0. The molecule has 0 bridgehead atoms. The Hall–Kier alpha value is -3.07. The van der Waals surface area contributed by atoms with Gasteiger partial charge in [0.15, 0.2) is 0 Å². The first-order valence-electron chi connectivity index (χ1n) is 7.22. The Bertz CT molecular complexity index is 1090. The van der Waals surface area contributed by atoms with Gasteiger partial charge < -0.3 is 0 Å². The molecule has 3 nitrogen and oxygen atoms in total. The molecule has 0 spiro atoms. The van der Waals surface area contributed by atoms with Crippen molar-refractivity contribution in [3.8, 4) is 0 Å². The number of fused-ring (bicyclic) bond motifs is 6. The van der Waals surface area contributed by atoms with Crippen molar-refractivity contribution < 1.29 is 0 Å². The number of hydrogen-bond donors (Lipinski definition) is 0. The molecule has 0 saturated heterocycles. The van der Waals surface area contributed by atoms with Crippen LogP contribution in [0.1, 0.15) is 0 Å². The highest BCUT2D eigenvalue weighted by Crippen LogP contribution is 2.28. The Labute approximate surface area is 126 Å². The van der Waals surface area contributed by atoms with E-state index in [0.717, 1.165) is 43.6 Å². The fourth-order valence-electron chi connectivity index (χ4n) is 3.04. The topological polar surface area (TPSA) is 38.7 Å². The second-order valence-corrected chi connectivity index (χ2v) is 5.41. The number of benzene rings is 2. The molecule has 3 heteroatoms. The van der Waals surface area contributed by atoms with E-state index in [-0.39, 0.29) is 0 Å². The zero-order chi connectivity index (χ0) is 14.5. The van der Waals surface area contributed by atoms with Gasteiger partial charge in [-0.15, -0.1) is 0 Å². The lowest BCUT2D eigenvalue weighted by Crippen LogP contribution is -1.89. The summed E-state index contributed by atoms with van der Waals surface area (Å²) >= 11 is 0. The maximum Gasteiger partial charge on any atom is 0.0973 e. The van der Waals surface area contributed by atoms with Gasteiger partial charge in [-0.2, -0.15) is 0 Å². The van der Waals surface area contributed by atoms with Gasteiger partial charge in [-0.1, -0.05) is 36.4 Å². The van der Waals surface area contributed by atoms with Crippen LogP contribution < -0.4 is 0 Å². The van der Waals surface area contributed by atoms with Crippen molar-refractivity contribution in [1.29, 1.82) is 0 Å². The van der Waals surface area contributed by atoms with Gasteiger partial charge in [0.05, 0.1) is 22.1 Å². The van der Waals surface area contributed by atoms with Crippen LogP contribution in [0, 0.1) is 0 Å². The van der Waals surface area contributed by atoms with Crippen LogP contribution in [0.5, 0.6) is 0 Å². The summed E-state index contributed by atoms with van der Waals surface area (Å²) in [6, 6.07) is 18.6. The first kappa shape index (κ1) is 11.6. The molecule has 0 unspecified atom stereocenters. The molecule has 5 aromatic rings. The van der Waals surface area contributed by atoms with Crippen LogP contribution in [-0.4, -0.2) is 15.0 Å². The molecular formula is C19H11N3. The summed E-state index contributed by atoms with van der Waals surface area (Å²) in [6.45, 7) is 0. The highest BCUT2D eigenvalue weighted by Gasteiger charge is 2.08. The lowest BCUT2D eigenvalue weighted by Gasteiger charge is -2.06. The van der Waals surface area contributed by atoms with Gasteiger partial charge in [-0.25, -0.2) is 4.98 Å². The van der Waals surface area contributed by atoms with E-state index in [1.54, 1.807) is 0 Å². The van der Waals surface area contributed by atoms with E-state index < -0.39 is 0 Å². The Morgan fingerprint density at radius 1 is 0.500 bits per heavy atom. The number of hydrogen-bond acceptors (Lipinski definition) is 3. The minimum atomic E-state index is 0.934. The molecule has 5 rings (SSSR count). The maximum absolute atomic E-state index is 4.91. The molecule has 0 N–H and O–H groups in total. The van der Waals surface area contributed by atoms with Crippen molar-refractivity contribution in [2.75, 3.05) is 0 Å². The van der Waals surface area contributed by atoms with Crippen LogP contribution >= 0.6 is 0 Å². The highest BCUT2D eigenvalue weighted by atomic mass is 14.8. The van der Waals surface area contributed by atoms with Gasteiger partial charge in [-0.3, -0.25) is 9.97 Å². The first-order valence-corrected chi connectivity index (χ1v) is 7.22. The van der Waals surface area contributed by atoms with Crippen LogP contribution in [0.4, 0.5) is 0 Å². The van der Waals surface area contributed by atoms with E-state index in [4.69, 9.17) is 4.98 Å². The van der Waals surface area contributed by atoms with Gasteiger partial charge in [0.1, 0.15) is 0 Å². The molecule has 102 valence electrons. The fourth-order valence-corrected chi connectivity index (χ4v) is 3.04. The quantitative estimate of drug-likeness (QED) is 0.310. The van der Waals surface area contributed by atoms with Crippen molar-refractivity contribution in [2.45, 2.75) is 0 Å². The first-order chi connectivity index (χ1) is 10.9. The van der Waals surface area contributed by atoms with Crippen LogP contribution in [0.15, 0.2) is 67.0 Å². The summed E-state index contributed by atoms with van der Waals surface area (Å²) in [5, 5.41) is 4.42. The van der Waals surface area contributed by atoms with Crippen molar-refractivity contribution in [2.24, 2.45) is 0 Å². The average Bonchev–Trinajstić information content (AvgIpc) is 2.60. The number of pyridine rings is 3. The standard InChI is InChI=1S/C19H11N3/c1-3-12-5-7-14-11-15-8-6-13-4-2-10-21-17(13)19(15)22-18(14)16(12)20-9-1/h1-11H. The predicted molar refractivity (Wildman–Crippen MR) is 89.9 cm³/mol. The molecule has 0 amide bonds. The van der Waals surface area contributed by atoms with Gasteiger partial charge >= 0.3 is 0 Å². The van der Waals surface area contributed by atoms with E-state index >= 15 is 0 Å². The minimum absolute atomic E-state index is 0.934. The number of nitrogens with zero attached hydrogens (tertiary/aromatic N) is 3. The smallest absolute Gasteiger partial charge is 0.0973 e. The summed E-state index contributed by atoms with van der Waals surface area (Å²) in [7, 11) is 0. The lowest BCUT2D eigenvalue weighted by molar-refractivity contribution is 1.39. The summed E-state index contributed by atoms with van der Waals surface area (Å²) in [5.74, 6) is 0. The van der Waals surface area contributed by atoms with Crippen molar-refractivity contribution >= 4 is 43.6 Å². The predicted octanol–water partition coefficient (Wildman–Crippen LogP) is 4.48. The third-order valence-electron chi connectivity index (χ3n) is 4.09. The molecule has 0 aliphatic heterocycles. The second-order valence-electron chi connectivity index (χ2n) is 5.41. The van der Waals surface area contributed by atoms with Gasteiger partial charge in [-0.05, 0) is 18.2 Å². The summed E-state index contributed by atoms with van der Waals surface area (Å²) in [6.07, 6.45) is 3.63. The lowest BCUT2D eigenvalue weighted by atomic mass is 10.1. The Morgan fingerprint density at radius 2 is 1.00 bits per heavy atom. The average molecular weight is 281 g/mol. The second kappa shape index (κ2) is 4.21. The van der Waals surface area contributed by atoms with Crippen LogP contribution in [-0.2, 0) is 0 Å². The van der Waals surface area contributed by atoms with E-state index in [2.05, 4.69) is 52.4 Å². The monoisotopic (exact) mass is 281 g/mol. The Kier molecular flexibility index (Phi) is 2.22. The third-order valence-corrected chi connectivity index (χ3v) is 4.09. The summed E-state index contributed by atoms with van der Waals surface area (Å²) < 4.78 is 0. The molecule has 0 aliphatic carbocycles. The van der Waals surface area contributed by atoms with Crippen molar-refractivity contribution in [1.82, 2.24) is 15.0 Å². The summed E-state index contributed by atoms with van der Waals surface area (Å²) in [5.41, 5.74) is 3.75. The molecule has 2 aromatic carbocycles. The highest BCUT2D eigenvalue weighted by molar-refractivity contribution is 6.11. The van der Waals surface area contributed by atoms with E-state index in [1.165, 1.54) is 0 Å². The molecule has 0 fully saturated rings. The van der Waals surface area contributed by atoms with Crippen LogP contribution in [0.2, 0.25) is 0 Å². The molecule has 0 saturated carbocycles. The zero-order valence-corrected chi connectivity index (χ0v) is 11.7. The minimum Gasteiger partial charge on any atom is -0.254 e. The molecule has 0 atom stereocenters. The van der Waals surface area contributed by atoms with Gasteiger partial charge in [0, 0.05) is 33.9 Å². The number of rotatable bonds is 0. The van der Waals surface area contributed by atoms with Crippen LogP contribution in [0.3, 0.4) is 0 Å². The Balaban J connectivity index is 2.05. The number of aromatic nitrogens is 3.